The van der Waals surface area contributed by atoms with Crippen LogP contribution >= 0.6 is 11.6 Å². The summed E-state index contributed by atoms with van der Waals surface area (Å²) >= 11 is 5.97. The number of fused-ring (bicyclic) bond motifs is 1. The SMILES string of the molecule is OC1(CNCc2c[nH]c3cc(Cl)ccc23)CCOCC1. The van der Waals surface area contributed by atoms with Crippen LogP contribution in [0.1, 0.15) is 18.4 Å². The van der Waals surface area contributed by atoms with Crippen molar-refractivity contribution in [3.05, 3.63) is 35.0 Å². The van der Waals surface area contributed by atoms with E-state index in [0.717, 1.165) is 17.1 Å². The van der Waals surface area contributed by atoms with Crippen molar-refractivity contribution in [3.63, 3.8) is 0 Å². The molecule has 3 N–H and O–H groups in total. The molecule has 1 aromatic heterocycles. The number of benzene rings is 1. The Labute approximate surface area is 123 Å². The second kappa shape index (κ2) is 5.74. The molecule has 108 valence electrons. The average Bonchev–Trinajstić information content (AvgIpc) is 2.82. The van der Waals surface area contributed by atoms with Gasteiger partial charge in [0.05, 0.1) is 5.60 Å². The molecule has 0 unspecified atom stereocenters. The maximum atomic E-state index is 10.4. The molecular weight excluding hydrogens is 276 g/mol. The molecule has 2 heterocycles. The summed E-state index contributed by atoms with van der Waals surface area (Å²) in [6.07, 6.45) is 3.38. The van der Waals surface area contributed by atoms with Crippen molar-refractivity contribution in [2.24, 2.45) is 0 Å². The van der Waals surface area contributed by atoms with Gasteiger partial charge >= 0.3 is 0 Å². The first-order valence-electron chi connectivity index (χ1n) is 6.93. The number of hydrogen-bond donors (Lipinski definition) is 3. The molecule has 2 aromatic rings. The van der Waals surface area contributed by atoms with Crippen molar-refractivity contribution in [3.8, 4) is 0 Å². The summed E-state index contributed by atoms with van der Waals surface area (Å²) in [5.41, 5.74) is 1.60. The lowest BCUT2D eigenvalue weighted by molar-refractivity contribution is -0.0616. The van der Waals surface area contributed by atoms with Gasteiger partial charge in [0.1, 0.15) is 0 Å². The first-order chi connectivity index (χ1) is 9.66. The fourth-order valence-electron chi connectivity index (χ4n) is 2.66. The van der Waals surface area contributed by atoms with Gasteiger partial charge in [-0.15, -0.1) is 0 Å². The van der Waals surface area contributed by atoms with E-state index in [9.17, 15) is 5.11 Å². The van der Waals surface area contributed by atoms with Gasteiger partial charge in [-0.1, -0.05) is 17.7 Å². The first-order valence-corrected chi connectivity index (χ1v) is 7.30. The van der Waals surface area contributed by atoms with E-state index in [-0.39, 0.29) is 0 Å². The molecule has 0 aliphatic carbocycles. The Morgan fingerprint density at radius 1 is 1.35 bits per heavy atom. The zero-order valence-electron chi connectivity index (χ0n) is 11.3. The van der Waals surface area contributed by atoms with Crippen molar-refractivity contribution < 1.29 is 9.84 Å². The van der Waals surface area contributed by atoms with Crippen molar-refractivity contribution >= 4 is 22.5 Å². The monoisotopic (exact) mass is 294 g/mol. The molecule has 0 radical (unpaired) electrons. The topological polar surface area (TPSA) is 57.3 Å². The van der Waals surface area contributed by atoms with Crippen LogP contribution in [0.2, 0.25) is 5.02 Å². The summed E-state index contributed by atoms with van der Waals surface area (Å²) in [6, 6.07) is 5.84. The molecule has 4 nitrogen and oxygen atoms in total. The molecule has 1 aromatic carbocycles. The van der Waals surface area contributed by atoms with Crippen molar-refractivity contribution in [1.29, 1.82) is 0 Å². The van der Waals surface area contributed by atoms with E-state index in [1.165, 1.54) is 10.9 Å². The average molecular weight is 295 g/mol. The zero-order valence-corrected chi connectivity index (χ0v) is 12.0. The number of halogens is 1. The van der Waals surface area contributed by atoms with Gasteiger partial charge in [-0.05, 0) is 17.7 Å². The lowest BCUT2D eigenvalue weighted by atomic mass is 9.94. The van der Waals surface area contributed by atoms with Crippen LogP contribution in [0.25, 0.3) is 10.9 Å². The summed E-state index contributed by atoms with van der Waals surface area (Å²) in [6.45, 7) is 2.61. The largest absolute Gasteiger partial charge is 0.388 e. The molecule has 1 aliphatic heterocycles. The summed E-state index contributed by atoms with van der Waals surface area (Å²) in [7, 11) is 0. The minimum Gasteiger partial charge on any atom is -0.388 e. The lowest BCUT2D eigenvalue weighted by Gasteiger charge is -2.32. The number of aromatic nitrogens is 1. The van der Waals surface area contributed by atoms with Gasteiger partial charge in [-0.2, -0.15) is 0 Å². The Morgan fingerprint density at radius 3 is 2.95 bits per heavy atom. The zero-order chi connectivity index (χ0) is 14.0. The van der Waals surface area contributed by atoms with Crippen molar-refractivity contribution in [2.75, 3.05) is 19.8 Å². The molecular formula is C15H19ClN2O2. The van der Waals surface area contributed by atoms with Crippen LogP contribution in [-0.2, 0) is 11.3 Å². The molecule has 0 bridgehead atoms. The van der Waals surface area contributed by atoms with E-state index < -0.39 is 5.60 Å². The van der Waals surface area contributed by atoms with Crippen molar-refractivity contribution in [2.45, 2.75) is 25.0 Å². The normalized spacial score (nSPS) is 18.5. The summed E-state index contributed by atoms with van der Waals surface area (Å²) < 4.78 is 5.28. The Balaban J connectivity index is 1.62. The van der Waals surface area contributed by atoms with Gasteiger partial charge in [-0.3, -0.25) is 0 Å². The highest BCUT2D eigenvalue weighted by Crippen LogP contribution is 2.23. The Hall–Kier alpha value is -1.07. The molecule has 1 fully saturated rings. The van der Waals surface area contributed by atoms with Gasteiger partial charge in [0.25, 0.3) is 0 Å². The molecule has 3 rings (SSSR count). The Kier molecular flexibility index (Phi) is 3.98. The standard InChI is InChI=1S/C15H19ClN2O2/c16-12-1-2-13-11(9-18-14(13)7-12)8-17-10-15(19)3-5-20-6-4-15/h1-2,7,9,17-19H,3-6,8,10H2. The number of ether oxygens (including phenoxy) is 1. The van der Waals surface area contributed by atoms with Gasteiger partial charge < -0.3 is 20.1 Å². The number of hydrogen-bond acceptors (Lipinski definition) is 3. The minimum atomic E-state index is -0.631. The molecule has 0 spiro atoms. The third-order valence-electron chi connectivity index (χ3n) is 3.92. The van der Waals surface area contributed by atoms with Crippen LogP contribution in [0.5, 0.6) is 0 Å². The van der Waals surface area contributed by atoms with Crippen LogP contribution in [0.4, 0.5) is 0 Å². The fourth-order valence-corrected chi connectivity index (χ4v) is 2.83. The van der Waals surface area contributed by atoms with E-state index in [2.05, 4.69) is 10.3 Å². The van der Waals surface area contributed by atoms with Crippen LogP contribution in [0.15, 0.2) is 24.4 Å². The van der Waals surface area contributed by atoms with E-state index >= 15 is 0 Å². The van der Waals surface area contributed by atoms with Gasteiger partial charge in [0.2, 0.25) is 0 Å². The van der Waals surface area contributed by atoms with E-state index in [1.807, 2.05) is 24.4 Å². The van der Waals surface area contributed by atoms with Crippen LogP contribution < -0.4 is 5.32 Å². The number of nitrogens with one attached hydrogen (secondary N) is 2. The number of H-pyrrole nitrogens is 1. The molecule has 5 heteroatoms. The molecule has 20 heavy (non-hydrogen) atoms. The first kappa shape index (κ1) is 13.9. The highest BCUT2D eigenvalue weighted by Gasteiger charge is 2.29. The molecule has 1 aliphatic rings. The minimum absolute atomic E-state index is 0.594. The van der Waals surface area contributed by atoms with Gasteiger partial charge in [0.15, 0.2) is 0 Å². The molecule has 1 saturated heterocycles. The van der Waals surface area contributed by atoms with Crippen molar-refractivity contribution in [1.82, 2.24) is 10.3 Å². The number of aliphatic hydroxyl groups is 1. The second-order valence-electron chi connectivity index (χ2n) is 5.44. The maximum absolute atomic E-state index is 10.4. The van der Waals surface area contributed by atoms with Gasteiger partial charge in [0, 0.05) is 61.3 Å². The summed E-state index contributed by atoms with van der Waals surface area (Å²) in [5, 5.41) is 15.6. The number of aromatic amines is 1. The predicted octanol–water partition coefficient (Wildman–Crippen LogP) is 2.45. The van der Waals surface area contributed by atoms with E-state index in [0.29, 0.717) is 32.6 Å². The Bertz CT molecular complexity index is 591. The highest BCUT2D eigenvalue weighted by molar-refractivity contribution is 6.31. The molecule has 0 atom stereocenters. The van der Waals surface area contributed by atoms with E-state index in [1.54, 1.807) is 0 Å². The van der Waals surface area contributed by atoms with Gasteiger partial charge in [-0.25, -0.2) is 0 Å². The third kappa shape index (κ3) is 2.99. The summed E-state index contributed by atoms with van der Waals surface area (Å²) in [4.78, 5) is 3.22. The summed E-state index contributed by atoms with van der Waals surface area (Å²) in [5.74, 6) is 0. The van der Waals surface area contributed by atoms with Crippen LogP contribution in [0, 0.1) is 0 Å². The second-order valence-corrected chi connectivity index (χ2v) is 5.88. The number of rotatable bonds is 4. The third-order valence-corrected chi connectivity index (χ3v) is 4.16. The quantitative estimate of drug-likeness (QED) is 0.812. The fraction of sp³-hybridized carbons (Fsp3) is 0.467. The lowest BCUT2D eigenvalue weighted by Crippen LogP contribution is -2.44. The van der Waals surface area contributed by atoms with Crippen LogP contribution in [-0.4, -0.2) is 35.5 Å². The smallest absolute Gasteiger partial charge is 0.0815 e. The highest BCUT2D eigenvalue weighted by atomic mass is 35.5. The van der Waals surface area contributed by atoms with E-state index in [4.69, 9.17) is 16.3 Å². The van der Waals surface area contributed by atoms with Crippen LogP contribution in [0.3, 0.4) is 0 Å². The molecule has 0 saturated carbocycles. The molecule has 0 amide bonds. The predicted molar refractivity (Wildman–Crippen MR) is 80.0 cm³/mol. The Morgan fingerprint density at radius 2 is 2.15 bits per heavy atom. The maximum Gasteiger partial charge on any atom is 0.0815 e.